The van der Waals surface area contributed by atoms with Crippen LogP contribution in [0.25, 0.3) is 0 Å². The van der Waals surface area contributed by atoms with Gasteiger partial charge in [-0.05, 0) is 26.2 Å². The van der Waals surface area contributed by atoms with Crippen molar-refractivity contribution in [2.24, 2.45) is 5.92 Å². The fourth-order valence-corrected chi connectivity index (χ4v) is 15.4. The quantitative estimate of drug-likeness (QED) is 0.0306. The van der Waals surface area contributed by atoms with Crippen LogP contribution in [0.1, 0.15) is 252 Å². The molecule has 5 aliphatic rings. The van der Waals surface area contributed by atoms with E-state index in [9.17, 15) is 106 Å². The number of ether oxygens (including phenoxy) is 10. The van der Waals surface area contributed by atoms with Crippen molar-refractivity contribution < 1.29 is 153 Å². The Bertz CT molecular complexity index is 2590. The van der Waals surface area contributed by atoms with Gasteiger partial charge in [0.25, 0.3) is 5.79 Å². The van der Waals surface area contributed by atoms with Crippen LogP contribution in [0.5, 0.6) is 0 Å². The number of hydrogen-bond donors (Lipinski definition) is 19. The van der Waals surface area contributed by atoms with E-state index in [2.05, 4.69) is 24.5 Å². The monoisotopic (exact) mass is 1610 g/mol. The predicted octanol–water partition coefficient (Wildman–Crippen LogP) is 2.00. The van der Waals surface area contributed by atoms with Gasteiger partial charge in [0.15, 0.2) is 25.2 Å². The highest BCUT2D eigenvalue weighted by Gasteiger charge is 2.62. The van der Waals surface area contributed by atoms with E-state index in [4.69, 9.17) is 47.4 Å². The van der Waals surface area contributed by atoms with Crippen LogP contribution in [0.2, 0.25) is 0 Å². The highest BCUT2D eigenvalue weighted by Crippen LogP contribution is 2.43. The number of nitrogens with one attached hydrogen (secondary N) is 2. The molecule has 654 valence electrons. The van der Waals surface area contributed by atoms with Crippen molar-refractivity contribution in [3.8, 4) is 0 Å². The molecule has 33 nitrogen and oxygen atoms in total. The van der Waals surface area contributed by atoms with Crippen LogP contribution in [0, 0.1) is 5.92 Å². The lowest BCUT2D eigenvalue weighted by Crippen LogP contribution is -2.71. The molecular weight excluding hydrogens is 1470 g/mol. The first-order chi connectivity index (χ1) is 53.8. The number of aliphatic hydroxyl groups is 16. The summed E-state index contributed by atoms with van der Waals surface area (Å²) in [6, 6.07) is -2.89. The van der Waals surface area contributed by atoms with Crippen LogP contribution in [0.15, 0.2) is 12.2 Å². The topological polar surface area (TPSA) is 529 Å². The van der Waals surface area contributed by atoms with E-state index in [0.29, 0.717) is 12.8 Å². The lowest BCUT2D eigenvalue weighted by molar-refractivity contribution is -0.406. The third-order valence-electron chi connectivity index (χ3n) is 22.1. The Kier molecular flexibility index (Phi) is 47.9. The van der Waals surface area contributed by atoms with Crippen molar-refractivity contribution >= 4 is 23.6 Å². The van der Waals surface area contributed by atoms with Gasteiger partial charge >= 0.3 is 5.97 Å². The third-order valence-corrected chi connectivity index (χ3v) is 22.1. The Hall–Kier alpha value is -3.22. The molecule has 0 aromatic carbocycles. The molecule has 0 radical (unpaired) electrons. The second-order valence-corrected chi connectivity index (χ2v) is 31.4. The summed E-state index contributed by atoms with van der Waals surface area (Å²) in [4.78, 5) is 53.2. The minimum atomic E-state index is -3.37. The Morgan fingerprint density at radius 1 is 0.491 bits per heavy atom. The number of rotatable bonds is 58. The average Bonchev–Trinajstić information content (AvgIpc) is 0.749. The third kappa shape index (κ3) is 31.8. The number of aliphatic hydroxyl groups excluding tert-OH is 16. The van der Waals surface area contributed by atoms with E-state index >= 15 is 0 Å². The summed E-state index contributed by atoms with van der Waals surface area (Å²) in [6.07, 6.45) is -9.80. The van der Waals surface area contributed by atoms with Crippen molar-refractivity contribution in [1.82, 2.24) is 10.6 Å². The summed E-state index contributed by atoms with van der Waals surface area (Å²) in [7, 11) is 0. The minimum Gasteiger partial charge on any atom is -0.477 e. The largest absolute Gasteiger partial charge is 0.477 e. The maximum Gasteiger partial charge on any atom is 0.364 e. The molecule has 0 saturated carbocycles. The number of unbranched alkanes of at least 4 members (excludes halogenated alkanes) is 30. The second kappa shape index (κ2) is 54.1. The summed E-state index contributed by atoms with van der Waals surface area (Å²) in [5, 5.41) is 195. The molecule has 0 aliphatic carbocycles. The van der Waals surface area contributed by atoms with Crippen LogP contribution < -0.4 is 10.6 Å². The van der Waals surface area contributed by atoms with Gasteiger partial charge in [-0.1, -0.05) is 212 Å². The summed E-state index contributed by atoms with van der Waals surface area (Å²) in [5.41, 5.74) is 0. The molecule has 1 unspecified atom stereocenters. The van der Waals surface area contributed by atoms with Crippen molar-refractivity contribution in [3.63, 3.8) is 0 Å². The van der Waals surface area contributed by atoms with Gasteiger partial charge in [0.1, 0.15) is 110 Å². The molecule has 5 aliphatic heterocycles. The number of carboxylic acids is 1. The molecule has 5 rings (SSSR count). The van der Waals surface area contributed by atoms with E-state index in [1.54, 1.807) is 6.08 Å². The van der Waals surface area contributed by atoms with Gasteiger partial charge in [0.05, 0.1) is 70.0 Å². The van der Waals surface area contributed by atoms with Gasteiger partial charge in [-0.2, -0.15) is 0 Å². The number of carbonyl (C=O) groups excluding carboxylic acids is 3. The maximum absolute atomic E-state index is 13.9. The molecule has 5 fully saturated rings. The molecule has 0 bridgehead atoms. The van der Waals surface area contributed by atoms with E-state index in [1.807, 2.05) is 6.08 Å². The maximum atomic E-state index is 13.9. The van der Waals surface area contributed by atoms with E-state index < -0.39 is 241 Å². The number of hydrogen-bond acceptors (Lipinski definition) is 30. The van der Waals surface area contributed by atoms with Gasteiger partial charge in [-0.15, -0.1) is 0 Å². The summed E-state index contributed by atoms with van der Waals surface area (Å²) < 4.78 is 60.5. The number of carboxylic acid groups (broad SMARTS) is 1. The lowest BCUT2D eigenvalue weighted by atomic mass is 9.86. The van der Waals surface area contributed by atoms with Crippen molar-refractivity contribution in [2.75, 3.05) is 39.6 Å². The number of allylic oxidation sites excluding steroid dienone is 1. The SMILES string of the molecule is CCCCCCCCCCCCCC=C[C@@H](O)[C@H](CO[C@@H]1O[C@H](CO)[C@@H](O[C@@H]2O[C@H](CO)[C@H](O[C@@H]3O[C@H](CO)[C@H](O)[C@H](O[C@@H]4O[C@H](CO)[C@H](O)[C@H](O)[C@H]4O)[C@H]3CC(C)=O)[C@H](O[C@]3(C(=O)O)C[C@H](O)[C@@H](NC(C)=O)C([C@H](O)[C@H](O)CO)O3)[C@H]2O)[C@H](O)[C@H]1O)NC(=O)CCCCCCCCCCCCCCCCCCCCCC. The van der Waals surface area contributed by atoms with Gasteiger partial charge in [-0.3, -0.25) is 9.59 Å². The van der Waals surface area contributed by atoms with Crippen molar-refractivity contribution in [1.29, 1.82) is 0 Å². The van der Waals surface area contributed by atoms with Gasteiger partial charge in [-0.25, -0.2) is 4.79 Å². The van der Waals surface area contributed by atoms with Crippen LogP contribution in [0.3, 0.4) is 0 Å². The Balaban J connectivity index is 1.35. The smallest absolute Gasteiger partial charge is 0.364 e. The zero-order valence-corrected chi connectivity index (χ0v) is 66.6. The highest BCUT2D eigenvalue weighted by atomic mass is 16.8. The number of carbonyl (C=O) groups is 4. The molecule has 5 heterocycles. The number of amides is 2. The van der Waals surface area contributed by atoms with Crippen molar-refractivity contribution in [2.45, 2.75) is 418 Å². The van der Waals surface area contributed by atoms with Crippen LogP contribution in [-0.2, 0) is 66.5 Å². The van der Waals surface area contributed by atoms with Gasteiger partial charge in [0.2, 0.25) is 11.8 Å². The first kappa shape index (κ1) is 99.3. The first-order valence-corrected chi connectivity index (χ1v) is 41.8. The zero-order chi connectivity index (χ0) is 82.3. The Morgan fingerprint density at radius 2 is 0.929 bits per heavy atom. The second-order valence-electron chi connectivity index (χ2n) is 31.4. The normalized spacial score (nSPS) is 33.6. The Morgan fingerprint density at radius 3 is 1.42 bits per heavy atom. The molecule has 0 aromatic heterocycles. The highest BCUT2D eigenvalue weighted by molar-refractivity contribution is 5.77. The average molecular weight is 1620 g/mol. The molecule has 28 atom stereocenters. The fraction of sp³-hybridized carbons (Fsp3) is 0.924. The number of Topliss-reactive ketones (excluding diaryl/α,β-unsaturated/α-hetero) is 1. The van der Waals surface area contributed by atoms with Crippen LogP contribution >= 0.6 is 0 Å². The predicted molar refractivity (Wildman–Crippen MR) is 403 cm³/mol. The van der Waals surface area contributed by atoms with E-state index in [-0.39, 0.29) is 12.3 Å². The summed E-state index contributed by atoms with van der Waals surface area (Å²) in [6.45, 7) is 0.550. The standard InChI is InChI=1S/C79H142N2O31/c1-5-7-9-11-13-15-17-19-20-21-22-23-24-25-27-29-31-33-35-37-39-59(92)81-51(52(89)38-36-34-32-30-28-26-18-16-14-12-10-8-6-2)47-103-75-67(99)65(97)70(57(45-85)106-75)109-77-68(100)73(112-79(78(101)102)41-53(90)60(80-49(4)88)72(111-79)61(93)54(91)42-82)71(58(46-86)107-77)110-74-50(40-48(3)87)69(63(95)56(44-84)104-74)108-76-66(98)64(96)62(94)55(43-83)105-76/h36,38,50-58,60-77,82-86,89-91,93-100H,5-35,37,39-47H2,1-4H3,(H,80,88)(H,81,92)(H,101,102)/t50-,51+,52-,53+,54-,55-,56-,57-,58-,60-,61-,62+,63+,64+,65-,66-,67-,68-,69-,70-,71+,72?,73-,74+,75-,76+,77+,79+/m1/s1. The fourth-order valence-electron chi connectivity index (χ4n) is 15.4. The van der Waals surface area contributed by atoms with Gasteiger partial charge in [0, 0.05) is 32.1 Å². The molecule has 0 spiro atoms. The van der Waals surface area contributed by atoms with Crippen molar-refractivity contribution in [3.05, 3.63) is 12.2 Å². The molecular formula is C79H142N2O31. The molecule has 33 heteroatoms. The summed E-state index contributed by atoms with van der Waals surface area (Å²) >= 11 is 0. The molecule has 5 saturated heterocycles. The minimum absolute atomic E-state index is 0.138. The zero-order valence-electron chi connectivity index (χ0n) is 66.6. The Labute approximate surface area is 660 Å². The summed E-state index contributed by atoms with van der Waals surface area (Å²) in [5.74, 6) is -9.07. The molecule has 19 N–H and O–H groups in total. The molecule has 0 aromatic rings. The lowest BCUT2D eigenvalue weighted by Gasteiger charge is -2.52. The van der Waals surface area contributed by atoms with Crippen LogP contribution in [-0.4, -0.2) is 315 Å². The number of aliphatic carboxylic acids is 1. The molecule has 2 amide bonds. The van der Waals surface area contributed by atoms with E-state index in [0.717, 1.165) is 65.2 Å². The first-order valence-electron chi connectivity index (χ1n) is 41.8. The van der Waals surface area contributed by atoms with Gasteiger partial charge < -0.3 is 150 Å². The molecule has 112 heavy (non-hydrogen) atoms. The number of ketones is 1. The van der Waals surface area contributed by atoms with E-state index in [1.165, 1.54) is 141 Å². The van der Waals surface area contributed by atoms with Crippen LogP contribution in [0.4, 0.5) is 0 Å².